The third-order valence-corrected chi connectivity index (χ3v) is 4.08. The molecule has 7 nitrogen and oxygen atoms in total. The molecule has 4 N–H and O–H groups in total. The van der Waals surface area contributed by atoms with Crippen LogP contribution in [0, 0.1) is 0 Å². The highest BCUT2D eigenvalue weighted by Gasteiger charge is 2.35. The maximum atomic E-state index is 11.8. The molecule has 0 aromatic rings. The molecule has 0 unspecified atom stereocenters. The van der Waals surface area contributed by atoms with Gasteiger partial charge in [0.1, 0.15) is 0 Å². The van der Waals surface area contributed by atoms with Crippen molar-refractivity contribution < 1.29 is 17.9 Å². The zero-order valence-electron chi connectivity index (χ0n) is 10.1. The molecule has 8 heteroatoms. The van der Waals surface area contributed by atoms with Crippen LogP contribution in [-0.2, 0) is 19.7 Å². The molecule has 0 bridgehead atoms. The minimum absolute atomic E-state index is 0.239. The lowest BCUT2D eigenvalue weighted by Gasteiger charge is -2.36. The van der Waals surface area contributed by atoms with Gasteiger partial charge in [-0.2, -0.15) is 17.9 Å². The Morgan fingerprint density at radius 1 is 1.41 bits per heavy atom. The molecule has 1 rings (SSSR count). The second kappa shape index (κ2) is 6.62. The highest BCUT2D eigenvalue weighted by atomic mass is 32.2. The summed E-state index contributed by atoms with van der Waals surface area (Å²) in [4.78, 5) is 0. The van der Waals surface area contributed by atoms with Crippen molar-refractivity contribution in [2.24, 2.45) is 5.73 Å². The largest absolute Gasteiger partial charge is 0.383 e. The minimum atomic E-state index is -3.54. The van der Waals surface area contributed by atoms with Crippen molar-refractivity contribution in [1.82, 2.24) is 9.44 Å². The van der Waals surface area contributed by atoms with Crippen LogP contribution in [0.3, 0.4) is 0 Å². The van der Waals surface area contributed by atoms with Crippen LogP contribution in [0.5, 0.6) is 0 Å². The molecule has 0 amide bonds. The molecule has 1 aliphatic heterocycles. The standard InChI is InChI=1S/C9H21N3O4S/c1-15-7-4-11-17(13,14)12-9(8-10)2-5-16-6-3-9/h11-12H,2-8,10H2,1H3. The van der Waals surface area contributed by atoms with E-state index in [1.807, 2.05) is 0 Å². The predicted molar refractivity (Wildman–Crippen MR) is 63.8 cm³/mol. The molecular formula is C9H21N3O4S. The number of hydrogen-bond donors (Lipinski definition) is 3. The second-order valence-electron chi connectivity index (χ2n) is 4.09. The summed E-state index contributed by atoms with van der Waals surface area (Å²) >= 11 is 0. The van der Waals surface area contributed by atoms with Gasteiger partial charge in [-0.05, 0) is 12.8 Å². The fourth-order valence-corrected chi connectivity index (χ4v) is 2.99. The number of methoxy groups -OCH3 is 1. The molecule has 1 fully saturated rings. The molecule has 0 radical (unpaired) electrons. The molecule has 102 valence electrons. The first-order valence-corrected chi connectivity index (χ1v) is 7.07. The molecule has 0 atom stereocenters. The Morgan fingerprint density at radius 2 is 2.06 bits per heavy atom. The average Bonchev–Trinajstić information content (AvgIpc) is 2.30. The number of nitrogens with one attached hydrogen (secondary N) is 2. The summed E-state index contributed by atoms with van der Waals surface area (Å²) in [5.41, 5.74) is 5.08. The molecule has 0 saturated carbocycles. The molecule has 0 aromatic heterocycles. The predicted octanol–water partition coefficient (Wildman–Crippen LogP) is -1.44. The van der Waals surface area contributed by atoms with Gasteiger partial charge in [0.05, 0.1) is 12.1 Å². The van der Waals surface area contributed by atoms with Crippen LogP contribution in [0.1, 0.15) is 12.8 Å². The van der Waals surface area contributed by atoms with Crippen molar-refractivity contribution in [2.45, 2.75) is 18.4 Å². The van der Waals surface area contributed by atoms with E-state index in [1.165, 1.54) is 7.11 Å². The van der Waals surface area contributed by atoms with E-state index < -0.39 is 15.7 Å². The quantitative estimate of drug-likeness (QED) is 0.491. The van der Waals surface area contributed by atoms with Gasteiger partial charge in [-0.1, -0.05) is 0 Å². The number of rotatable bonds is 7. The van der Waals surface area contributed by atoms with Crippen LogP contribution >= 0.6 is 0 Å². The zero-order chi connectivity index (χ0) is 12.8. The van der Waals surface area contributed by atoms with Crippen molar-refractivity contribution in [3.63, 3.8) is 0 Å². The maximum absolute atomic E-state index is 11.8. The van der Waals surface area contributed by atoms with Gasteiger partial charge < -0.3 is 15.2 Å². The average molecular weight is 267 g/mol. The molecule has 17 heavy (non-hydrogen) atoms. The van der Waals surface area contributed by atoms with Gasteiger partial charge in [-0.3, -0.25) is 0 Å². The first-order valence-electron chi connectivity index (χ1n) is 5.59. The fourth-order valence-electron chi connectivity index (χ4n) is 1.71. The Balaban J connectivity index is 2.54. The maximum Gasteiger partial charge on any atom is 0.277 e. The summed E-state index contributed by atoms with van der Waals surface area (Å²) in [6.45, 7) is 1.89. The third-order valence-electron chi connectivity index (χ3n) is 2.79. The normalized spacial score (nSPS) is 20.4. The lowest BCUT2D eigenvalue weighted by molar-refractivity contribution is 0.0500. The zero-order valence-corrected chi connectivity index (χ0v) is 10.9. The van der Waals surface area contributed by atoms with Gasteiger partial charge in [-0.15, -0.1) is 0 Å². The van der Waals surface area contributed by atoms with E-state index in [1.54, 1.807) is 0 Å². The number of ether oxygens (including phenoxy) is 2. The summed E-state index contributed by atoms with van der Waals surface area (Å²) < 4.78 is 38.5. The molecule has 1 saturated heterocycles. The van der Waals surface area contributed by atoms with Crippen LogP contribution in [0.2, 0.25) is 0 Å². The van der Waals surface area contributed by atoms with Crippen LogP contribution in [0.15, 0.2) is 0 Å². The summed E-state index contributed by atoms with van der Waals surface area (Å²) in [5.74, 6) is 0. The Morgan fingerprint density at radius 3 is 2.59 bits per heavy atom. The second-order valence-corrected chi connectivity index (χ2v) is 5.59. The summed E-state index contributed by atoms with van der Waals surface area (Å²) in [6.07, 6.45) is 1.18. The minimum Gasteiger partial charge on any atom is -0.383 e. The molecular weight excluding hydrogens is 246 g/mol. The van der Waals surface area contributed by atoms with E-state index in [4.69, 9.17) is 15.2 Å². The van der Waals surface area contributed by atoms with Crippen molar-refractivity contribution in [3.05, 3.63) is 0 Å². The Bertz CT molecular complexity index is 314. The van der Waals surface area contributed by atoms with E-state index in [2.05, 4.69) is 9.44 Å². The smallest absolute Gasteiger partial charge is 0.277 e. The van der Waals surface area contributed by atoms with Crippen molar-refractivity contribution in [1.29, 1.82) is 0 Å². The lowest BCUT2D eigenvalue weighted by Crippen LogP contribution is -2.59. The first kappa shape index (κ1) is 14.8. The van der Waals surface area contributed by atoms with E-state index >= 15 is 0 Å². The van der Waals surface area contributed by atoms with Gasteiger partial charge in [0.15, 0.2) is 0 Å². The molecule has 0 aromatic carbocycles. The van der Waals surface area contributed by atoms with Gasteiger partial charge in [0.2, 0.25) is 0 Å². The van der Waals surface area contributed by atoms with E-state index in [9.17, 15) is 8.42 Å². The van der Waals surface area contributed by atoms with Gasteiger partial charge in [0.25, 0.3) is 10.2 Å². The van der Waals surface area contributed by atoms with Gasteiger partial charge in [-0.25, -0.2) is 0 Å². The van der Waals surface area contributed by atoms with Crippen LogP contribution in [0.4, 0.5) is 0 Å². The van der Waals surface area contributed by atoms with Crippen LogP contribution in [-0.4, -0.2) is 54.0 Å². The summed E-state index contributed by atoms with van der Waals surface area (Å²) in [6, 6.07) is 0. The van der Waals surface area contributed by atoms with Crippen molar-refractivity contribution >= 4 is 10.2 Å². The van der Waals surface area contributed by atoms with Gasteiger partial charge in [0, 0.05) is 33.4 Å². The van der Waals surface area contributed by atoms with E-state index in [-0.39, 0.29) is 13.1 Å². The monoisotopic (exact) mass is 267 g/mol. The first-order chi connectivity index (χ1) is 8.04. The van der Waals surface area contributed by atoms with E-state index in [0.717, 1.165) is 0 Å². The Labute approximate surface area is 102 Å². The molecule has 0 spiro atoms. The number of nitrogens with two attached hydrogens (primary N) is 1. The summed E-state index contributed by atoms with van der Waals surface area (Å²) in [5, 5.41) is 0. The van der Waals surface area contributed by atoms with Crippen LogP contribution < -0.4 is 15.2 Å². The topological polar surface area (TPSA) is 103 Å². The number of hydrogen-bond acceptors (Lipinski definition) is 5. The van der Waals surface area contributed by atoms with Gasteiger partial charge >= 0.3 is 0 Å². The SMILES string of the molecule is COCCNS(=O)(=O)NC1(CN)CCOCC1. The highest BCUT2D eigenvalue weighted by molar-refractivity contribution is 7.87. The van der Waals surface area contributed by atoms with Crippen LogP contribution in [0.25, 0.3) is 0 Å². The van der Waals surface area contributed by atoms with Crippen molar-refractivity contribution in [2.75, 3.05) is 40.0 Å². The Kier molecular flexibility index (Phi) is 5.77. The lowest BCUT2D eigenvalue weighted by atomic mass is 9.92. The van der Waals surface area contributed by atoms with Crippen molar-refractivity contribution in [3.8, 4) is 0 Å². The third kappa shape index (κ3) is 4.86. The molecule has 1 aliphatic rings. The highest BCUT2D eigenvalue weighted by Crippen LogP contribution is 2.19. The Hall–Kier alpha value is -0.250. The fraction of sp³-hybridized carbons (Fsp3) is 1.00. The molecule has 1 heterocycles. The molecule has 0 aliphatic carbocycles. The summed E-state index contributed by atoms with van der Waals surface area (Å²) in [7, 11) is -2.02. The van der Waals surface area contributed by atoms with E-state index in [0.29, 0.717) is 32.7 Å².